The van der Waals surface area contributed by atoms with Crippen LogP contribution in [0.15, 0.2) is 48.5 Å². The van der Waals surface area contributed by atoms with Gasteiger partial charge in [0.1, 0.15) is 0 Å². The molecule has 0 spiro atoms. The molecule has 21 heavy (non-hydrogen) atoms. The van der Waals surface area contributed by atoms with Crippen LogP contribution in [0.25, 0.3) is 6.08 Å². The van der Waals surface area contributed by atoms with Gasteiger partial charge in [0.25, 0.3) is 0 Å². The molecule has 2 rings (SSSR count). The zero-order chi connectivity index (χ0) is 15.2. The summed E-state index contributed by atoms with van der Waals surface area (Å²) in [6.45, 7) is 0. The highest BCUT2D eigenvalue weighted by Crippen LogP contribution is 2.20. The van der Waals surface area contributed by atoms with E-state index < -0.39 is 0 Å². The van der Waals surface area contributed by atoms with Gasteiger partial charge in [0, 0.05) is 11.8 Å². The molecule has 0 aliphatic carbocycles. The molecule has 1 amide bonds. The highest BCUT2D eigenvalue weighted by Gasteiger charge is 2.00. The SMILES string of the molecule is N#Cc1cccc(NC(=O)/C=C/c2ccc(Cl)c(N)c2)c1. The van der Waals surface area contributed by atoms with Gasteiger partial charge in [-0.3, -0.25) is 4.79 Å². The first kappa shape index (κ1) is 14.6. The molecule has 3 N–H and O–H groups in total. The van der Waals surface area contributed by atoms with Crippen molar-refractivity contribution in [2.75, 3.05) is 11.1 Å². The lowest BCUT2D eigenvalue weighted by Crippen LogP contribution is -2.07. The maximum Gasteiger partial charge on any atom is 0.248 e. The van der Waals surface area contributed by atoms with Gasteiger partial charge in [0.15, 0.2) is 0 Å². The number of rotatable bonds is 3. The Morgan fingerprint density at radius 3 is 2.81 bits per heavy atom. The van der Waals surface area contributed by atoms with Gasteiger partial charge in [0.05, 0.1) is 22.3 Å². The van der Waals surface area contributed by atoms with E-state index in [1.807, 2.05) is 6.07 Å². The molecule has 0 saturated carbocycles. The number of halogens is 1. The highest BCUT2D eigenvalue weighted by atomic mass is 35.5. The Hall–Kier alpha value is -2.77. The molecule has 5 heteroatoms. The van der Waals surface area contributed by atoms with Crippen molar-refractivity contribution in [1.82, 2.24) is 0 Å². The Bertz CT molecular complexity index is 747. The Balaban J connectivity index is 2.05. The Kier molecular flexibility index (Phi) is 4.60. The summed E-state index contributed by atoms with van der Waals surface area (Å²) < 4.78 is 0. The van der Waals surface area contributed by atoms with Crippen molar-refractivity contribution in [1.29, 1.82) is 5.26 Å². The van der Waals surface area contributed by atoms with Crippen molar-refractivity contribution in [3.63, 3.8) is 0 Å². The van der Waals surface area contributed by atoms with E-state index in [1.165, 1.54) is 6.08 Å². The number of hydrogen-bond acceptors (Lipinski definition) is 3. The van der Waals surface area contributed by atoms with Crippen molar-refractivity contribution in [3.8, 4) is 6.07 Å². The van der Waals surface area contributed by atoms with E-state index in [4.69, 9.17) is 22.6 Å². The molecule has 0 aliphatic rings. The number of amides is 1. The molecule has 4 nitrogen and oxygen atoms in total. The second-order valence-corrected chi connectivity index (χ2v) is 4.70. The zero-order valence-electron chi connectivity index (χ0n) is 11.0. The average molecular weight is 298 g/mol. The van der Waals surface area contributed by atoms with Gasteiger partial charge in [0.2, 0.25) is 5.91 Å². The molecular weight excluding hydrogens is 286 g/mol. The van der Waals surface area contributed by atoms with Crippen LogP contribution in [0, 0.1) is 11.3 Å². The van der Waals surface area contributed by atoms with Crippen molar-refractivity contribution in [3.05, 3.63) is 64.7 Å². The molecule has 0 unspecified atom stereocenters. The van der Waals surface area contributed by atoms with Gasteiger partial charge < -0.3 is 11.1 Å². The number of anilines is 2. The molecule has 0 radical (unpaired) electrons. The van der Waals surface area contributed by atoms with Gasteiger partial charge in [-0.2, -0.15) is 5.26 Å². The van der Waals surface area contributed by atoms with Crippen LogP contribution in [-0.2, 0) is 4.79 Å². The zero-order valence-corrected chi connectivity index (χ0v) is 11.8. The third kappa shape index (κ3) is 4.10. The fourth-order valence-electron chi connectivity index (χ4n) is 1.69. The van der Waals surface area contributed by atoms with Crippen LogP contribution < -0.4 is 11.1 Å². The minimum atomic E-state index is -0.293. The normalized spacial score (nSPS) is 10.3. The molecule has 0 fully saturated rings. The van der Waals surface area contributed by atoms with Gasteiger partial charge in [-0.1, -0.05) is 23.7 Å². The summed E-state index contributed by atoms with van der Waals surface area (Å²) in [6, 6.07) is 13.8. The fourth-order valence-corrected chi connectivity index (χ4v) is 1.81. The summed E-state index contributed by atoms with van der Waals surface area (Å²) in [5.74, 6) is -0.293. The molecule has 0 heterocycles. The topological polar surface area (TPSA) is 78.9 Å². The van der Waals surface area contributed by atoms with E-state index in [2.05, 4.69) is 5.32 Å². The van der Waals surface area contributed by atoms with Crippen LogP contribution >= 0.6 is 11.6 Å². The number of carbonyl (C=O) groups excluding carboxylic acids is 1. The summed E-state index contributed by atoms with van der Waals surface area (Å²) in [7, 11) is 0. The molecule has 104 valence electrons. The Labute approximate surface area is 127 Å². The summed E-state index contributed by atoms with van der Waals surface area (Å²) in [5.41, 5.74) is 7.98. The van der Waals surface area contributed by atoms with Crippen molar-refractivity contribution >= 4 is 35.0 Å². The minimum absolute atomic E-state index is 0.293. The van der Waals surface area contributed by atoms with Crippen molar-refractivity contribution < 1.29 is 4.79 Å². The standard InChI is InChI=1S/C16H12ClN3O/c17-14-6-4-11(9-15(14)19)5-7-16(21)20-13-3-1-2-12(8-13)10-18/h1-9H,19H2,(H,20,21)/b7-5+. The van der Waals surface area contributed by atoms with Crippen LogP contribution in [0.2, 0.25) is 5.02 Å². The van der Waals surface area contributed by atoms with Gasteiger partial charge in [-0.25, -0.2) is 0 Å². The molecule has 0 atom stereocenters. The molecule has 0 aliphatic heterocycles. The van der Waals surface area contributed by atoms with Crippen LogP contribution in [0.5, 0.6) is 0 Å². The molecule has 0 saturated heterocycles. The van der Waals surface area contributed by atoms with E-state index >= 15 is 0 Å². The third-order valence-electron chi connectivity index (χ3n) is 2.71. The van der Waals surface area contributed by atoms with Crippen LogP contribution in [0.4, 0.5) is 11.4 Å². The number of nitriles is 1. The smallest absolute Gasteiger partial charge is 0.248 e. The van der Waals surface area contributed by atoms with E-state index in [9.17, 15) is 4.79 Å². The first-order chi connectivity index (χ1) is 10.1. The van der Waals surface area contributed by atoms with E-state index in [0.29, 0.717) is 22.0 Å². The number of benzene rings is 2. The lowest BCUT2D eigenvalue weighted by atomic mass is 10.2. The molecule has 2 aromatic rings. The predicted molar refractivity (Wildman–Crippen MR) is 84.7 cm³/mol. The minimum Gasteiger partial charge on any atom is -0.398 e. The van der Waals surface area contributed by atoms with E-state index in [-0.39, 0.29) is 5.91 Å². The van der Waals surface area contributed by atoms with Crippen LogP contribution in [-0.4, -0.2) is 5.91 Å². The van der Waals surface area contributed by atoms with E-state index in [0.717, 1.165) is 5.56 Å². The summed E-state index contributed by atoms with van der Waals surface area (Å²) >= 11 is 5.82. The number of carbonyl (C=O) groups is 1. The van der Waals surface area contributed by atoms with Crippen molar-refractivity contribution in [2.45, 2.75) is 0 Å². The molecule has 0 aromatic heterocycles. The Morgan fingerprint density at radius 1 is 1.29 bits per heavy atom. The highest BCUT2D eigenvalue weighted by molar-refractivity contribution is 6.33. The third-order valence-corrected chi connectivity index (χ3v) is 3.05. The monoisotopic (exact) mass is 297 g/mol. The largest absolute Gasteiger partial charge is 0.398 e. The number of nitrogens with two attached hydrogens (primary N) is 1. The number of nitrogens with one attached hydrogen (secondary N) is 1. The van der Waals surface area contributed by atoms with Gasteiger partial charge >= 0.3 is 0 Å². The number of nitrogen functional groups attached to an aromatic ring is 1. The van der Waals surface area contributed by atoms with Crippen LogP contribution in [0.1, 0.15) is 11.1 Å². The van der Waals surface area contributed by atoms with Crippen LogP contribution in [0.3, 0.4) is 0 Å². The Morgan fingerprint density at radius 2 is 2.10 bits per heavy atom. The predicted octanol–water partition coefficient (Wildman–Crippen LogP) is 3.45. The fraction of sp³-hybridized carbons (Fsp3) is 0. The lowest BCUT2D eigenvalue weighted by Gasteiger charge is -2.02. The first-order valence-corrected chi connectivity index (χ1v) is 6.50. The molecule has 0 bridgehead atoms. The second kappa shape index (κ2) is 6.60. The van der Waals surface area contributed by atoms with Crippen molar-refractivity contribution in [2.24, 2.45) is 0 Å². The maximum absolute atomic E-state index is 11.8. The number of nitrogens with zero attached hydrogens (tertiary/aromatic N) is 1. The average Bonchev–Trinajstić information content (AvgIpc) is 2.48. The summed E-state index contributed by atoms with van der Waals surface area (Å²) in [5, 5.41) is 12.0. The summed E-state index contributed by atoms with van der Waals surface area (Å²) in [4.78, 5) is 11.8. The van der Waals surface area contributed by atoms with Gasteiger partial charge in [-0.15, -0.1) is 0 Å². The number of hydrogen-bond donors (Lipinski definition) is 2. The molecule has 2 aromatic carbocycles. The summed E-state index contributed by atoms with van der Waals surface area (Å²) in [6.07, 6.45) is 3.03. The maximum atomic E-state index is 11.8. The lowest BCUT2D eigenvalue weighted by molar-refractivity contribution is -0.111. The molecular formula is C16H12ClN3O. The van der Waals surface area contributed by atoms with E-state index in [1.54, 1.807) is 48.5 Å². The second-order valence-electron chi connectivity index (χ2n) is 4.30. The quantitative estimate of drug-likeness (QED) is 0.673. The first-order valence-electron chi connectivity index (χ1n) is 6.13. The van der Waals surface area contributed by atoms with Gasteiger partial charge in [-0.05, 0) is 42.0 Å².